The van der Waals surface area contributed by atoms with E-state index < -0.39 is 0 Å². The average molecular weight is 277 g/mol. The van der Waals surface area contributed by atoms with Gasteiger partial charge < -0.3 is 9.47 Å². The van der Waals surface area contributed by atoms with Crippen LogP contribution in [-0.4, -0.2) is 6.47 Å². The van der Waals surface area contributed by atoms with E-state index in [0.717, 1.165) is 11.1 Å². The summed E-state index contributed by atoms with van der Waals surface area (Å²) in [5.74, 6) is 1.13. The summed E-state index contributed by atoms with van der Waals surface area (Å²) in [5.41, 5.74) is 1.98. The molecule has 19 heavy (non-hydrogen) atoms. The van der Waals surface area contributed by atoms with E-state index in [-0.39, 0.29) is 0 Å². The first-order valence-electron chi connectivity index (χ1n) is 5.77. The Balaban J connectivity index is 2.05. The smallest absolute Gasteiger partial charge is 0.298 e. The van der Waals surface area contributed by atoms with Crippen LogP contribution in [0.3, 0.4) is 0 Å². The van der Waals surface area contributed by atoms with Crippen molar-refractivity contribution in [2.45, 2.75) is 13.5 Å². The molecular formula is C15H13ClO3. The lowest BCUT2D eigenvalue weighted by molar-refractivity contribution is -0.120. The Labute approximate surface area is 116 Å². The highest BCUT2D eigenvalue weighted by atomic mass is 35.5. The van der Waals surface area contributed by atoms with Crippen LogP contribution in [0, 0.1) is 6.92 Å². The van der Waals surface area contributed by atoms with E-state index in [1.165, 1.54) is 0 Å². The zero-order valence-electron chi connectivity index (χ0n) is 10.4. The number of hydrogen-bond acceptors (Lipinski definition) is 3. The molecule has 2 aromatic rings. The van der Waals surface area contributed by atoms with E-state index >= 15 is 0 Å². The molecule has 0 radical (unpaired) electrons. The summed E-state index contributed by atoms with van der Waals surface area (Å²) < 4.78 is 10.4. The minimum absolute atomic E-state index is 0.360. The third-order valence-corrected chi connectivity index (χ3v) is 2.86. The molecule has 0 amide bonds. The Morgan fingerprint density at radius 1 is 1.21 bits per heavy atom. The second-order valence-electron chi connectivity index (χ2n) is 4.08. The normalized spacial score (nSPS) is 10.0. The van der Waals surface area contributed by atoms with Gasteiger partial charge in [0, 0.05) is 0 Å². The first kappa shape index (κ1) is 13.4. The summed E-state index contributed by atoms with van der Waals surface area (Å²) >= 11 is 6.08. The second kappa shape index (κ2) is 6.25. The zero-order chi connectivity index (χ0) is 13.7. The van der Waals surface area contributed by atoms with Crippen molar-refractivity contribution in [3.63, 3.8) is 0 Å². The van der Waals surface area contributed by atoms with Gasteiger partial charge in [-0.05, 0) is 42.3 Å². The molecule has 3 nitrogen and oxygen atoms in total. The second-order valence-corrected chi connectivity index (χ2v) is 4.49. The summed E-state index contributed by atoms with van der Waals surface area (Å²) in [6, 6.07) is 12.8. The zero-order valence-corrected chi connectivity index (χ0v) is 11.2. The van der Waals surface area contributed by atoms with Gasteiger partial charge >= 0.3 is 0 Å². The fourth-order valence-corrected chi connectivity index (χ4v) is 1.94. The number of halogens is 1. The highest BCUT2D eigenvalue weighted by molar-refractivity contribution is 6.32. The first-order valence-corrected chi connectivity index (χ1v) is 6.15. The minimum Gasteiger partial charge on any atom is -0.487 e. The number of rotatable bonds is 5. The summed E-state index contributed by atoms with van der Waals surface area (Å²) in [7, 11) is 0. The molecule has 0 aliphatic heterocycles. The van der Waals surface area contributed by atoms with Crippen LogP contribution >= 0.6 is 11.6 Å². The molecule has 0 aromatic heterocycles. The quantitative estimate of drug-likeness (QED) is 0.780. The predicted octanol–water partition coefficient (Wildman–Crippen LogP) is 3.76. The molecule has 0 saturated heterocycles. The largest absolute Gasteiger partial charge is 0.487 e. The number of aryl methyl sites for hydroxylation is 1. The Kier molecular flexibility index (Phi) is 4.42. The van der Waals surface area contributed by atoms with Crippen molar-refractivity contribution in [2.75, 3.05) is 0 Å². The van der Waals surface area contributed by atoms with Gasteiger partial charge in [0.2, 0.25) is 0 Å². The predicted molar refractivity (Wildman–Crippen MR) is 73.7 cm³/mol. The molecule has 0 unspecified atom stereocenters. The Hall–Kier alpha value is -2.00. The number of carbonyl (C=O) groups excluding carboxylic acids is 1. The molecule has 0 aliphatic rings. The highest BCUT2D eigenvalue weighted by Crippen LogP contribution is 2.26. The van der Waals surface area contributed by atoms with E-state index in [9.17, 15) is 4.79 Å². The fourth-order valence-electron chi connectivity index (χ4n) is 1.65. The molecule has 0 N–H and O–H groups in total. The van der Waals surface area contributed by atoms with Gasteiger partial charge in [0.05, 0.1) is 5.02 Å². The molecule has 2 aromatic carbocycles. The van der Waals surface area contributed by atoms with Gasteiger partial charge in [0.25, 0.3) is 6.47 Å². The molecule has 0 spiro atoms. The summed E-state index contributed by atoms with van der Waals surface area (Å²) in [4.78, 5) is 10.3. The van der Waals surface area contributed by atoms with Crippen LogP contribution in [0.25, 0.3) is 0 Å². The molecular weight excluding hydrogens is 264 g/mol. The van der Waals surface area contributed by atoms with Crippen molar-refractivity contribution in [3.05, 3.63) is 58.6 Å². The lowest BCUT2D eigenvalue weighted by Crippen LogP contribution is -1.97. The van der Waals surface area contributed by atoms with E-state index in [1.807, 2.05) is 31.2 Å². The lowest BCUT2D eigenvalue weighted by Gasteiger charge is -2.09. The molecule has 0 saturated carbocycles. The van der Waals surface area contributed by atoms with Crippen molar-refractivity contribution in [1.29, 1.82) is 0 Å². The number of benzene rings is 2. The molecule has 4 heteroatoms. The molecule has 0 bridgehead atoms. The van der Waals surface area contributed by atoms with Crippen LogP contribution < -0.4 is 9.47 Å². The summed E-state index contributed by atoms with van der Waals surface area (Å²) in [6.45, 7) is 2.73. The van der Waals surface area contributed by atoms with Gasteiger partial charge in [-0.3, -0.25) is 4.79 Å². The molecule has 2 rings (SSSR count). The van der Waals surface area contributed by atoms with E-state index in [2.05, 4.69) is 0 Å². The van der Waals surface area contributed by atoms with Crippen LogP contribution in [0.5, 0.6) is 11.5 Å². The average Bonchev–Trinajstić information content (AvgIpc) is 2.38. The maximum atomic E-state index is 10.3. The first-order chi connectivity index (χ1) is 9.19. The topological polar surface area (TPSA) is 35.5 Å². The van der Waals surface area contributed by atoms with E-state index in [0.29, 0.717) is 29.6 Å². The van der Waals surface area contributed by atoms with Gasteiger partial charge in [-0.15, -0.1) is 0 Å². The third-order valence-electron chi connectivity index (χ3n) is 2.56. The van der Waals surface area contributed by atoms with Gasteiger partial charge in [-0.2, -0.15) is 0 Å². The van der Waals surface area contributed by atoms with Crippen LogP contribution in [0.1, 0.15) is 11.1 Å². The Morgan fingerprint density at radius 3 is 2.79 bits per heavy atom. The van der Waals surface area contributed by atoms with Crippen LogP contribution in [0.2, 0.25) is 5.02 Å². The lowest BCUT2D eigenvalue weighted by atomic mass is 10.2. The van der Waals surface area contributed by atoms with Gasteiger partial charge in [-0.25, -0.2) is 0 Å². The number of ether oxygens (including phenoxy) is 2. The van der Waals surface area contributed by atoms with Crippen molar-refractivity contribution in [2.24, 2.45) is 0 Å². The molecule has 0 atom stereocenters. The SMILES string of the molecule is Cc1ccc(OCc2cccc(OC=O)c2)c(Cl)c1. The molecule has 0 heterocycles. The monoisotopic (exact) mass is 276 g/mol. The molecule has 0 fully saturated rings. The number of carbonyl (C=O) groups is 1. The van der Waals surface area contributed by atoms with Crippen molar-refractivity contribution in [3.8, 4) is 11.5 Å². The van der Waals surface area contributed by atoms with Crippen molar-refractivity contribution >= 4 is 18.1 Å². The highest BCUT2D eigenvalue weighted by Gasteiger charge is 2.03. The molecule has 98 valence electrons. The standard InChI is InChI=1S/C15H13ClO3/c1-11-5-6-15(14(16)7-11)18-9-12-3-2-4-13(8-12)19-10-17/h2-8,10H,9H2,1H3. The van der Waals surface area contributed by atoms with Crippen molar-refractivity contribution in [1.82, 2.24) is 0 Å². The third kappa shape index (κ3) is 3.73. The maximum Gasteiger partial charge on any atom is 0.298 e. The van der Waals surface area contributed by atoms with Gasteiger partial charge in [0.1, 0.15) is 18.1 Å². The Bertz CT molecular complexity index is 581. The molecule has 0 aliphatic carbocycles. The van der Waals surface area contributed by atoms with Crippen LogP contribution in [-0.2, 0) is 11.4 Å². The number of hydrogen-bond donors (Lipinski definition) is 0. The van der Waals surface area contributed by atoms with Crippen LogP contribution in [0.15, 0.2) is 42.5 Å². The fraction of sp³-hybridized carbons (Fsp3) is 0.133. The summed E-state index contributed by atoms with van der Waals surface area (Å²) in [6.07, 6.45) is 0. The minimum atomic E-state index is 0.360. The summed E-state index contributed by atoms with van der Waals surface area (Å²) in [5, 5.41) is 0.584. The van der Waals surface area contributed by atoms with Crippen molar-refractivity contribution < 1.29 is 14.3 Å². The van der Waals surface area contributed by atoms with Crippen LogP contribution in [0.4, 0.5) is 0 Å². The maximum absolute atomic E-state index is 10.3. The van der Waals surface area contributed by atoms with E-state index in [1.54, 1.807) is 18.2 Å². The van der Waals surface area contributed by atoms with E-state index in [4.69, 9.17) is 21.1 Å². The van der Waals surface area contributed by atoms with Gasteiger partial charge in [-0.1, -0.05) is 29.8 Å². The van der Waals surface area contributed by atoms with Gasteiger partial charge in [0.15, 0.2) is 0 Å². The Morgan fingerprint density at radius 2 is 2.05 bits per heavy atom.